The van der Waals surface area contributed by atoms with Crippen LogP contribution in [0.4, 0.5) is 10.7 Å². The van der Waals surface area contributed by atoms with E-state index in [-0.39, 0.29) is 6.03 Å². The summed E-state index contributed by atoms with van der Waals surface area (Å²) < 4.78 is 1.74. The fraction of sp³-hybridized carbons (Fsp3) is 0.364. The molecule has 31 heavy (non-hydrogen) atoms. The zero-order valence-corrected chi connectivity index (χ0v) is 18.5. The largest absolute Gasteiger partial charge is 0.337 e. The van der Waals surface area contributed by atoms with E-state index in [9.17, 15) is 4.79 Å². The Hall–Kier alpha value is -3.07. The Bertz CT molecular complexity index is 969. The third-order valence-corrected chi connectivity index (χ3v) is 6.25. The maximum atomic E-state index is 12.5. The van der Waals surface area contributed by atoms with Crippen LogP contribution in [0.2, 0.25) is 0 Å². The van der Waals surface area contributed by atoms with Crippen molar-refractivity contribution in [3.05, 3.63) is 65.7 Å². The van der Waals surface area contributed by atoms with Crippen molar-refractivity contribution in [2.45, 2.75) is 12.7 Å². The van der Waals surface area contributed by atoms with Gasteiger partial charge in [-0.1, -0.05) is 53.1 Å². The molecule has 2 amide bonds. The van der Waals surface area contributed by atoms with E-state index in [0.29, 0.717) is 38.7 Å². The monoisotopic (exact) mass is 437 g/mol. The van der Waals surface area contributed by atoms with E-state index in [1.807, 2.05) is 47.0 Å². The number of hydrogen-bond acceptors (Lipinski definition) is 6. The van der Waals surface area contributed by atoms with Gasteiger partial charge in [0.1, 0.15) is 0 Å². The number of amides is 2. The number of hydrogen-bond donors (Lipinski definition) is 1. The molecule has 162 valence electrons. The predicted octanol–water partition coefficient (Wildman–Crippen LogP) is 2.74. The number of aromatic nitrogens is 4. The lowest BCUT2D eigenvalue weighted by molar-refractivity contribution is 0.194. The number of aryl methyl sites for hydroxylation is 1. The lowest BCUT2D eigenvalue weighted by Crippen LogP contribution is -2.52. The molecule has 1 aliphatic heterocycles. The Morgan fingerprint density at radius 3 is 2.52 bits per heavy atom. The maximum Gasteiger partial charge on any atom is 0.317 e. The highest BCUT2D eigenvalue weighted by atomic mass is 32.2. The van der Waals surface area contributed by atoms with Crippen molar-refractivity contribution < 1.29 is 4.79 Å². The number of benzene rings is 2. The molecule has 0 aliphatic carbocycles. The van der Waals surface area contributed by atoms with Crippen molar-refractivity contribution in [1.29, 1.82) is 0 Å². The Kier molecular flexibility index (Phi) is 7.03. The molecule has 0 atom stereocenters. The maximum absolute atomic E-state index is 12.5. The summed E-state index contributed by atoms with van der Waals surface area (Å²) in [7, 11) is 0. The van der Waals surface area contributed by atoms with Crippen molar-refractivity contribution >= 4 is 23.7 Å². The van der Waals surface area contributed by atoms with Crippen LogP contribution < -0.4 is 10.2 Å². The first-order valence-electron chi connectivity index (χ1n) is 10.5. The fourth-order valence-electron chi connectivity index (χ4n) is 3.44. The molecule has 2 aromatic carbocycles. The van der Waals surface area contributed by atoms with E-state index in [0.717, 1.165) is 17.2 Å². The Balaban J connectivity index is 1.19. The summed E-state index contributed by atoms with van der Waals surface area (Å²) in [5, 5.41) is 15.2. The standard InChI is InChI=1S/C22H27N7OS/c1-18-7-9-19(10-8-18)17-31-16-11-23-22(30)28-14-12-27(13-15-28)21-24-25-26-29(21)20-5-3-2-4-6-20/h2-10H,11-17H2,1H3,(H,23,30). The molecule has 2 heterocycles. The van der Waals surface area contributed by atoms with Gasteiger partial charge in [-0.05, 0) is 35.0 Å². The number of thioether (sulfide) groups is 1. The average molecular weight is 438 g/mol. The topological polar surface area (TPSA) is 79.2 Å². The molecule has 8 nitrogen and oxygen atoms in total. The van der Waals surface area contributed by atoms with Gasteiger partial charge in [-0.3, -0.25) is 0 Å². The van der Waals surface area contributed by atoms with Gasteiger partial charge in [0, 0.05) is 44.2 Å². The molecule has 3 aromatic rings. The molecule has 0 saturated carbocycles. The number of carbonyl (C=O) groups excluding carboxylic acids is 1. The van der Waals surface area contributed by atoms with E-state index in [1.165, 1.54) is 11.1 Å². The van der Waals surface area contributed by atoms with Crippen molar-refractivity contribution in [3.63, 3.8) is 0 Å². The predicted molar refractivity (Wildman–Crippen MR) is 124 cm³/mol. The van der Waals surface area contributed by atoms with Crippen LogP contribution in [0.5, 0.6) is 0 Å². The van der Waals surface area contributed by atoms with Crippen LogP contribution in [-0.4, -0.2) is 69.6 Å². The van der Waals surface area contributed by atoms with Crippen molar-refractivity contribution in [3.8, 4) is 5.69 Å². The molecule has 1 N–H and O–H groups in total. The van der Waals surface area contributed by atoms with Crippen LogP contribution in [-0.2, 0) is 5.75 Å². The summed E-state index contributed by atoms with van der Waals surface area (Å²) in [6, 6.07) is 18.4. The molecule has 1 aromatic heterocycles. The van der Waals surface area contributed by atoms with Crippen LogP contribution in [0.3, 0.4) is 0 Å². The van der Waals surface area contributed by atoms with Gasteiger partial charge >= 0.3 is 6.03 Å². The first-order chi connectivity index (χ1) is 15.2. The van der Waals surface area contributed by atoms with Crippen molar-refractivity contribution in [1.82, 2.24) is 30.4 Å². The van der Waals surface area contributed by atoms with E-state index in [2.05, 4.69) is 56.9 Å². The smallest absolute Gasteiger partial charge is 0.317 e. The Morgan fingerprint density at radius 2 is 1.77 bits per heavy atom. The van der Waals surface area contributed by atoms with Gasteiger partial charge in [0.15, 0.2) is 0 Å². The zero-order valence-electron chi connectivity index (χ0n) is 17.6. The minimum absolute atomic E-state index is 0.00163. The number of nitrogens with zero attached hydrogens (tertiary/aromatic N) is 6. The van der Waals surface area contributed by atoms with Gasteiger partial charge in [-0.25, -0.2) is 4.79 Å². The van der Waals surface area contributed by atoms with Crippen LogP contribution in [0.25, 0.3) is 5.69 Å². The van der Waals surface area contributed by atoms with Gasteiger partial charge in [0.25, 0.3) is 0 Å². The molecule has 1 fully saturated rings. The van der Waals surface area contributed by atoms with Crippen LogP contribution >= 0.6 is 11.8 Å². The van der Waals surface area contributed by atoms with Crippen LogP contribution in [0.1, 0.15) is 11.1 Å². The van der Waals surface area contributed by atoms with E-state index in [1.54, 1.807) is 4.68 Å². The quantitative estimate of drug-likeness (QED) is 0.573. The second-order valence-electron chi connectivity index (χ2n) is 7.47. The SMILES string of the molecule is Cc1ccc(CSCCNC(=O)N2CCN(c3nnnn3-c3ccccc3)CC2)cc1. The molecule has 1 saturated heterocycles. The summed E-state index contributed by atoms with van der Waals surface area (Å²) >= 11 is 1.83. The third-order valence-electron chi connectivity index (χ3n) is 5.22. The van der Waals surface area contributed by atoms with E-state index >= 15 is 0 Å². The number of anilines is 1. The van der Waals surface area contributed by atoms with Gasteiger partial charge in [-0.2, -0.15) is 16.4 Å². The van der Waals surface area contributed by atoms with E-state index in [4.69, 9.17) is 0 Å². The first-order valence-corrected chi connectivity index (χ1v) is 11.6. The normalized spacial score (nSPS) is 14.0. The Morgan fingerprint density at radius 1 is 1.03 bits per heavy atom. The Labute approximate surface area is 186 Å². The number of para-hydroxylation sites is 1. The lowest BCUT2D eigenvalue weighted by atomic mass is 10.2. The average Bonchev–Trinajstić information content (AvgIpc) is 3.31. The van der Waals surface area contributed by atoms with Gasteiger partial charge in [-0.15, -0.1) is 0 Å². The lowest BCUT2D eigenvalue weighted by Gasteiger charge is -2.34. The third kappa shape index (κ3) is 5.55. The highest BCUT2D eigenvalue weighted by Crippen LogP contribution is 2.17. The molecule has 0 unspecified atom stereocenters. The summed E-state index contributed by atoms with van der Waals surface area (Å²) in [5.41, 5.74) is 3.51. The summed E-state index contributed by atoms with van der Waals surface area (Å²) in [6.07, 6.45) is 0. The van der Waals surface area contributed by atoms with Crippen molar-refractivity contribution in [2.24, 2.45) is 0 Å². The molecule has 0 spiro atoms. The molecule has 0 radical (unpaired) electrons. The number of carbonyl (C=O) groups is 1. The second kappa shape index (κ2) is 10.3. The second-order valence-corrected chi connectivity index (χ2v) is 8.58. The number of piperazine rings is 1. The molecule has 1 aliphatic rings. The number of urea groups is 1. The minimum Gasteiger partial charge on any atom is -0.337 e. The summed E-state index contributed by atoms with van der Waals surface area (Å²) in [4.78, 5) is 16.5. The van der Waals surface area contributed by atoms with E-state index < -0.39 is 0 Å². The number of rotatable bonds is 7. The first kappa shape index (κ1) is 21.2. The highest BCUT2D eigenvalue weighted by Gasteiger charge is 2.24. The molecule has 0 bridgehead atoms. The molecule has 9 heteroatoms. The van der Waals surface area contributed by atoms with Gasteiger partial charge in [0.2, 0.25) is 5.95 Å². The molecular weight excluding hydrogens is 410 g/mol. The number of tetrazole rings is 1. The number of nitrogens with one attached hydrogen (secondary N) is 1. The summed E-state index contributed by atoms with van der Waals surface area (Å²) in [5.74, 6) is 2.56. The van der Waals surface area contributed by atoms with Crippen molar-refractivity contribution in [2.75, 3.05) is 43.4 Å². The summed E-state index contributed by atoms with van der Waals surface area (Å²) in [6.45, 7) is 5.44. The fourth-order valence-corrected chi connectivity index (χ4v) is 4.26. The van der Waals surface area contributed by atoms with Gasteiger partial charge < -0.3 is 15.1 Å². The van der Waals surface area contributed by atoms with Crippen LogP contribution in [0, 0.1) is 6.92 Å². The zero-order chi connectivity index (χ0) is 21.5. The minimum atomic E-state index is -0.00163. The highest BCUT2D eigenvalue weighted by molar-refractivity contribution is 7.98. The van der Waals surface area contributed by atoms with Crippen LogP contribution in [0.15, 0.2) is 54.6 Å². The molecule has 4 rings (SSSR count). The molecular formula is C22H27N7OS. The van der Waals surface area contributed by atoms with Gasteiger partial charge in [0.05, 0.1) is 5.69 Å².